The van der Waals surface area contributed by atoms with Gasteiger partial charge in [0.15, 0.2) is 5.96 Å². The van der Waals surface area contributed by atoms with Gasteiger partial charge in [0.1, 0.15) is 5.75 Å². The number of nitrogens with zero attached hydrogens (tertiary/aromatic N) is 2. The van der Waals surface area contributed by atoms with Gasteiger partial charge >= 0.3 is 0 Å². The second kappa shape index (κ2) is 13.0. The largest absolute Gasteiger partial charge is 0.493 e. The molecule has 2 aliphatic rings. The Kier molecular flexibility index (Phi) is 10.1. The predicted molar refractivity (Wildman–Crippen MR) is 129 cm³/mol. The molecule has 0 aromatic heterocycles. The van der Waals surface area contributed by atoms with Gasteiger partial charge in [0.05, 0.1) is 39.0 Å². The molecule has 0 aliphatic carbocycles. The van der Waals surface area contributed by atoms with Gasteiger partial charge in [-0.25, -0.2) is 0 Å². The molecule has 0 spiro atoms. The van der Waals surface area contributed by atoms with Crippen LogP contribution in [0.1, 0.15) is 45.7 Å². The van der Waals surface area contributed by atoms with Gasteiger partial charge in [-0.1, -0.05) is 26.0 Å². The Bertz CT molecular complexity index is 683. The lowest BCUT2D eigenvalue weighted by molar-refractivity contribution is 0.00368. The van der Waals surface area contributed by atoms with Gasteiger partial charge in [-0.05, 0) is 43.9 Å². The Morgan fingerprint density at radius 3 is 2.50 bits per heavy atom. The van der Waals surface area contributed by atoms with Crippen LogP contribution in [0.4, 0.5) is 0 Å². The SMILES string of the molecule is CCNC(=NCC(C1CCOC1)N1CCOCC1)NC(C)c1ccc(OCC(C)C)cc1. The van der Waals surface area contributed by atoms with Crippen molar-refractivity contribution in [2.75, 3.05) is 59.2 Å². The quantitative estimate of drug-likeness (QED) is 0.425. The standard InChI is InChI=1S/C25H42N4O3/c1-5-26-25(28-20(4)21-6-8-23(9-7-21)32-17-19(2)3)27-16-24(22-10-13-31-18-22)29-11-14-30-15-12-29/h6-9,19-20,22,24H,5,10-18H2,1-4H3,(H2,26,27,28). The van der Waals surface area contributed by atoms with E-state index in [0.717, 1.165) is 77.3 Å². The van der Waals surface area contributed by atoms with Crippen molar-refractivity contribution >= 4 is 5.96 Å². The molecule has 0 amide bonds. The molecular weight excluding hydrogens is 404 g/mol. The summed E-state index contributed by atoms with van der Waals surface area (Å²) in [4.78, 5) is 7.53. The van der Waals surface area contributed by atoms with E-state index in [2.05, 4.69) is 67.5 Å². The summed E-state index contributed by atoms with van der Waals surface area (Å²) in [5.74, 6) is 2.83. The van der Waals surface area contributed by atoms with Crippen LogP contribution in [-0.4, -0.2) is 76.1 Å². The Morgan fingerprint density at radius 2 is 1.88 bits per heavy atom. The van der Waals surface area contributed by atoms with Gasteiger partial charge in [0.2, 0.25) is 0 Å². The van der Waals surface area contributed by atoms with E-state index in [1.165, 1.54) is 5.56 Å². The lowest BCUT2D eigenvalue weighted by Crippen LogP contribution is -2.49. The first-order chi connectivity index (χ1) is 15.6. The predicted octanol–water partition coefficient (Wildman–Crippen LogP) is 3.07. The monoisotopic (exact) mass is 446 g/mol. The lowest BCUT2D eigenvalue weighted by atomic mass is 9.97. The van der Waals surface area contributed by atoms with Crippen LogP contribution in [0.5, 0.6) is 5.75 Å². The normalized spacial score (nSPS) is 22.0. The Hall–Kier alpha value is -1.83. The van der Waals surface area contributed by atoms with E-state index in [0.29, 0.717) is 17.9 Å². The summed E-state index contributed by atoms with van der Waals surface area (Å²) in [5, 5.41) is 6.99. The maximum absolute atomic E-state index is 5.81. The van der Waals surface area contributed by atoms with Gasteiger partial charge in [-0.15, -0.1) is 0 Å². The summed E-state index contributed by atoms with van der Waals surface area (Å²) in [6.45, 7) is 16.2. The van der Waals surface area contributed by atoms with Gasteiger partial charge in [0, 0.05) is 38.2 Å². The van der Waals surface area contributed by atoms with Crippen molar-refractivity contribution < 1.29 is 14.2 Å². The molecule has 3 rings (SSSR count). The molecule has 3 unspecified atom stereocenters. The molecule has 1 aromatic rings. The second-order valence-corrected chi connectivity index (χ2v) is 9.20. The van der Waals surface area contributed by atoms with E-state index in [9.17, 15) is 0 Å². The molecule has 0 saturated carbocycles. The van der Waals surface area contributed by atoms with Gasteiger partial charge in [0.25, 0.3) is 0 Å². The number of morpholine rings is 1. The van der Waals surface area contributed by atoms with Crippen LogP contribution in [-0.2, 0) is 9.47 Å². The van der Waals surface area contributed by atoms with E-state index in [4.69, 9.17) is 19.2 Å². The molecule has 32 heavy (non-hydrogen) atoms. The zero-order chi connectivity index (χ0) is 22.8. The number of hydrogen-bond donors (Lipinski definition) is 2. The molecule has 3 atom stereocenters. The van der Waals surface area contributed by atoms with E-state index < -0.39 is 0 Å². The van der Waals surface area contributed by atoms with E-state index in [1.807, 2.05) is 0 Å². The zero-order valence-electron chi connectivity index (χ0n) is 20.3. The summed E-state index contributed by atoms with van der Waals surface area (Å²) >= 11 is 0. The molecule has 2 heterocycles. The third kappa shape index (κ3) is 7.64. The van der Waals surface area contributed by atoms with Crippen LogP contribution in [0, 0.1) is 11.8 Å². The molecule has 2 saturated heterocycles. The molecule has 2 fully saturated rings. The molecule has 7 nitrogen and oxygen atoms in total. The second-order valence-electron chi connectivity index (χ2n) is 9.20. The number of nitrogens with one attached hydrogen (secondary N) is 2. The van der Waals surface area contributed by atoms with Crippen LogP contribution in [0.2, 0.25) is 0 Å². The number of benzene rings is 1. The van der Waals surface area contributed by atoms with Crippen LogP contribution in [0.15, 0.2) is 29.3 Å². The average Bonchev–Trinajstić information content (AvgIpc) is 3.33. The third-order valence-corrected chi connectivity index (χ3v) is 6.12. The van der Waals surface area contributed by atoms with Crippen molar-refractivity contribution in [2.45, 2.75) is 46.2 Å². The summed E-state index contributed by atoms with van der Waals surface area (Å²) in [6.07, 6.45) is 1.11. The molecule has 180 valence electrons. The highest BCUT2D eigenvalue weighted by molar-refractivity contribution is 5.80. The van der Waals surface area contributed by atoms with Gasteiger partial charge in [-0.2, -0.15) is 0 Å². The van der Waals surface area contributed by atoms with Crippen LogP contribution in [0.25, 0.3) is 0 Å². The fourth-order valence-electron chi connectivity index (χ4n) is 4.24. The number of hydrogen-bond acceptors (Lipinski definition) is 5. The van der Waals surface area contributed by atoms with Crippen LogP contribution >= 0.6 is 0 Å². The molecule has 0 bridgehead atoms. The Labute approximate surface area is 193 Å². The van der Waals surface area contributed by atoms with Crippen molar-refractivity contribution in [3.63, 3.8) is 0 Å². The van der Waals surface area contributed by atoms with Crippen molar-refractivity contribution in [1.82, 2.24) is 15.5 Å². The van der Waals surface area contributed by atoms with Crippen LogP contribution in [0.3, 0.4) is 0 Å². The van der Waals surface area contributed by atoms with E-state index in [1.54, 1.807) is 0 Å². The molecule has 7 heteroatoms. The van der Waals surface area contributed by atoms with Gasteiger partial charge in [-0.3, -0.25) is 9.89 Å². The van der Waals surface area contributed by atoms with E-state index in [-0.39, 0.29) is 6.04 Å². The molecule has 0 radical (unpaired) electrons. The molecule has 2 N–H and O–H groups in total. The summed E-state index contributed by atoms with van der Waals surface area (Å²) < 4.78 is 17.1. The van der Waals surface area contributed by atoms with Crippen molar-refractivity contribution in [1.29, 1.82) is 0 Å². The summed E-state index contributed by atoms with van der Waals surface area (Å²) in [6, 6.07) is 8.89. The number of ether oxygens (including phenoxy) is 3. The molecular formula is C25H42N4O3. The highest BCUT2D eigenvalue weighted by Gasteiger charge is 2.31. The minimum absolute atomic E-state index is 0.142. The fraction of sp³-hybridized carbons (Fsp3) is 0.720. The van der Waals surface area contributed by atoms with Crippen molar-refractivity contribution in [3.05, 3.63) is 29.8 Å². The average molecular weight is 447 g/mol. The smallest absolute Gasteiger partial charge is 0.191 e. The first-order valence-corrected chi connectivity index (χ1v) is 12.2. The highest BCUT2D eigenvalue weighted by Crippen LogP contribution is 2.23. The molecule has 2 aliphatic heterocycles. The third-order valence-electron chi connectivity index (χ3n) is 6.12. The Balaban J connectivity index is 1.62. The zero-order valence-corrected chi connectivity index (χ0v) is 20.3. The minimum atomic E-state index is 0.142. The maximum atomic E-state index is 5.81. The van der Waals surface area contributed by atoms with E-state index >= 15 is 0 Å². The number of aliphatic imine (C=N–C) groups is 1. The Morgan fingerprint density at radius 1 is 1.12 bits per heavy atom. The van der Waals surface area contributed by atoms with Crippen LogP contribution < -0.4 is 15.4 Å². The molecule has 1 aromatic carbocycles. The number of guanidine groups is 1. The summed E-state index contributed by atoms with van der Waals surface area (Å²) in [7, 11) is 0. The maximum Gasteiger partial charge on any atom is 0.191 e. The summed E-state index contributed by atoms with van der Waals surface area (Å²) in [5.41, 5.74) is 1.21. The lowest BCUT2D eigenvalue weighted by Gasteiger charge is -2.36. The minimum Gasteiger partial charge on any atom is -0.493 e. The first-order valence-electron chi connectivity index (χ1n) is 12.2. The highest BCUT2D eigenvalue weighted by atomic mass is 16.5. The van der Waals surface area contributed by atoms with Crippen molar-refractivity contribution in [3.8, 4) is 5.75 Å². The first kappa shape index (κ1) is 24.8. The topological polar surface area (TPSA) is 67.4 Å². The van der Waals surface area contributed by atoms with Gasteiger partial charge < -0.3 is 24.8 Å². The fourth-order valence-corrected chi connectivity index (χ4v) is 4.24. The van der Waals surface area contributed by atoms with Crippen molar-refractivity contribution in [2.24, 2.45) is 16.8 Å². The number of rotatable bonds is 10.